The Bertz CT molecular complexity index is 958. The van der Waals surface area contributed by atoms with E-state index in [9.17, 15) is 0 Å². The average Bonchev–Trinajstić information content (AvgIpc) is 2.80. The van der Waals surface area contributed by atoms with Crippen LogP contribution in [0.15, 0.2) is 52.4 Å². The van der Waals surface area contributed by atoms with E-state index in [4.69, 9.17) is 0 Å². The first-order valence-electron chi connectivity index (χ1n) is 8.98. The van der Waals surface area contributed by atoms with Gasteiger partial charge in [0, 0.05) is 0 Å². The molecular weight excluding hydrogens is 401 g/mol. The normalized spacial score (nSPS) is 23.0. The van der Waals surface area contributed by atoms with Crippen molar-refractivity contribution in [1.29, 1.82) is 0 Å². The molecule has 1 aromatic carbocycles. The molecule has 0 amide bonds. The van der Waals surface area contributed by atoms with Crippen LogP contribution in [0.5, 0.6) is 0 Å². The fourth-order valence-corrected chi connectivity index (χ4v) is 27.3. The van der Waals surface area contributed by atoms with Crippen LogP contribution in [0, 0.1) is 0 Å². The van der Waals surface area contributed by atoms with E-state index >= 15 is 0 Å². The Morgan fingerprint density at radius 1 is 0.920 bits per heavy atom. The van der Waals surface area contributed by atoms with Crippen molar-refractivity contribution in [3.8, 4) is 0 Å². The maximum absolute atomic E-state index is 5.41. The molecule has 0 aliphatic heterocycles. The second kappa shape index (κ2) is 3.84. The van der Waals surface area contributed by atoms with Crippen molar-refractivity contribution in [2.24, 2.45) is 0 Å². The number of allylic oxidation sites excluding steroid dienone is 4. The standard InChI is InChI=1S/C6H5.C5H5.C4H10N.5CH3.2ClH.H2Si.Ti/c1-2-4-6-5-3-1;1-2-4-5-3-1;1-4(2,3)5;;;;;;;;;/h1-5H;1-3H,4H2;5H,1-3H3;5*1H3;2*1H;1H2;/q;;-1;;;;;;;;;+1. The van der Waals surface area contributed by atoms with Crippen LogP contribution < -0.4 is 7.67 Å². The summed E-state index contributed by atoms with van der Waals surface area (Å²) in [5, 5.41) is 12.8. The molecule has 0 spiro atoms. The molecular formula is C20H39Cl2NSiTi. The summed E-state index contributed by atoms with van der Waals surface area (Å²) < 4.78 is 7.26. The molecule has 0 unspecified atom stereocenters. The quantitative estimate of drug-likeness (QED) is 0.575. The molecule has 0 aromatic heterocycles. The van der Waals surface area contributed by atoms with Crippen LogP contribution in [0.25, 0.3) is 0 Å². The largest absolute Gasteiger partial charge is 0.147 e. The zero-order valence-corrected chi connectivity index (χ0v) is 22.0. The van der Waals surface area contributed by atoms with Gasteiger partial charge in [-0.1, -0.05) is 0 Å². The molecule has 0 fully saturated rings. The van der Waals surface area contributed by atoms with Crippen LogP contribution >= 0.6 is 24.8 Å². The van der Waals surface area contributed by atoms with Gasteiger partial charge in [-0.15, -0.1) is 24.8 Å². The van der Waals surface area contributed by atoms with Gasteiger partial charge in [-0.05, 0) is 0 Å². The van der Waals surface area contributed by atoms with E-state index in [1.54, 1.807) is 0 Å². The molecule has 1 N–H and O–H groups in total. The van der Waals surface area contributed by atoms with Crippen molar-refractivity contribution in [1.82, 2.24) is 3.80 Å². The Hall–Kier alpha value is 0.171. The van der Waals surface area contributed by atoms with Gasteiger partial charge in [-0.25, -0.2) is 0 Å². The van der Waals surface area contributed by atoms with Gasteiger partial charge in [0.1, 0.15) is 0 Å². The summed E-state index contributed by atoms with van der Waals surface area (Å²) in [6.45, 7) is 6.86. The minimum absolute atomic E-state index is 0. The van der Waals surface area contributed by atoms with E-state index < -0.39 is 9.17 Å². The van der Waals surface area contributed by atoms with E-state index in [0.717, 1.165) is 6.42 Å². The minimum atomic E-state index is -5.41. The third-order valence-corrected chi connectivity index (χ3v) is 28.8. The first-order valence-corrected chi connectivity index (χ1v) is 23.2. The molecule has 25 heavy (non-hydrogen) atoms. The predicted octanol–water partition coefficient (Wildman–Crippen LogP) is 5.92. The smallest absolute Gasteiger partial charge is 0.147 e. The molecule has 5 heteroatoms. The van der Waals surface area contributed by atoms with Crippen molar-refractivity contribution >= 4 is 36.3 Å². The number of halogens is 2. The molecule has 146 valence electrons. The maximum atomic E-state index is 4.33. The van der Waals surface area contributed by atoms with Gasteiger partial charge in [0.2, 0.25) is 0 Å². The van der Waals surface area contributed by atoms with Gasteiger partial charge in [0.05, 0.1) is 0 Å². The second-order valence-corrected chi connectivity index (χ2v) is 73.4. The second-order valence-electron chi connectivity index (χ2n) is 16.5. The van der Waals surface area contributed by atoms with Gasteiger partial charge < -0.3 is 0 Å². The molecule has 1 aliphatic carbocycles. The van der Waals surface area contributed by atoms with Crippen molar-refractivity contribution in [3.63, 3.8) is 0 Å². The topological polar surface area (TPSA) is 12.0 Å². The molecule has 0 heterocycles. The van der Waals surface area contributed by atoms with Crippen LogP contribution in [-0.2, 0) is 9.17 Å². The number of hydrogen-bond acceptors (Lipinski definition) is 1. The molecule has 0 saturated heterocycles. The maximum Gasteiger partial charge on any atom is -0.147 e. The summed E-state index contributed by atoms with van der Waals surface area (Å²) in [5.41, 5.74) is -0.0358. The zero-order valence-electron chi connectivity index (χ0n) is 17.3. The number of rotatable bonds is 3. The fourth-order valence-electron chi connectivity index (χ4n) is 6.10. The van der Waals surface area contributed by atoms with Crippen LogP contribution in [-0.4, -0.2) is 13.2 Å². The van der Waals surface area contributed by atoms with E-state index in [1.165, 1.54) is 7.75 Å². The Balaban J connectivity index is 0.00000288. The van der Waals surface area contributed by atoms with Gasteiger partial charge >= 0.3 is 136 Å². The van der Waals surface area contributed by atoms with Crippen molar-refractivity contribution < 1.29 is 9.17 Å². The Morgan fingerprint density at radius 2 is 1.40 bits per heavy atom. The Morgan fingerprint density at radius 3 is 1.76 bits per heavy atom. The Labute approximate surface area is 159 Å². The van der Waals surface area contributed by atoms with Gasteiger partial charge in [-0.2, -0.15) is 0 Å². The molecule has 1 aliphatic rings. The van der Waals surface area contributed by atoms with Gasteiger partial charge in [0.25, 0.3) is 0 Å². The van der Waals surface area contributed by atoms with E-state index in [0.29, 0.717) is 0 Å². The Kier molecular flexibility index (Phi) is 3.86. The summed E-state index contributed by atoms with van der Waals surface area (Å²) >= 11 is 0. The molecule has 1 nitrogen and oxygen atoms in total. The summed E-state index contributed by atoms with van der Waals surface area (Å²) in [6.07, 6.45) is 7.88. The van der Waals surface area contributed by atoms with Crippen molar-refractivity contribution in [3.05, 3.63) is 52.4 Å². The van der Waals surface area contributed by atoms with Gasteiger partial charge in [-0.3, -0.25) is 0 Å². The predicted molar refractivity (Wildman–Crippen MR) is 123 cm³/mol. The summed E-state index contributed by atoms with van der Waals surface area (Å²) in [7, 11) is -3.17. The first kappa shape index (κ1) is 25.2. The molecule has 1 aromatic rings. The first-order chi connectivity index (χ1) is 9.61. The molecule has 0 saturated carbocycles. The monoisotopic (exact) mass is 439 g/mol. The van der Waals surface area contributed by atoms with Crippen LogP contribution in [0.2, 0.25) is 26.1 Å². The summed E-state index contributed by atoms with van der Waals surface area (Å²) in [5.74, 6) is 0. The molecule has 2 rings (SSSR count). The zero-order chi connectivity index (χ0) is 18.1. The van der Waals surface area contributed by atoms with E-state index in [-0.39, 0.29) is 30.4 Å². The third kappa shape index (κ3) is 3.51. The number of hydrogen-bond donors (Lipinski definition) is 1. The fraction of sp³-hybridized carbons (Fsp3) is 0.500. The minimum Gasteiger partial charge on any atom is -0.147 e. The van der Waals surface area contributed by atoms with Crippen molar-refractivity contribution in [2.45, 2.75) is 58.9 Å². The molecule has 0 atom stereocenters. The van der Waals surface area contributed by atoms with Crippen LogP contribution in [0.1, 0.15) is 27.2 Å². The van der Waals surface area contributed by atoms with Crippen molar-refractivity contribution in [2.75, 3.05) is 0 Å². The molecule has 0 bridgehead atoms. The average molecular weight is 440 g/mol. The number of benzene rings is 1. The summed E-state index contributed by atoms with van der Waals surface area (Å²) in [4.78, 5) is 0. The summed E-state index contributed by atoms with van der Waals surface area (Å²) in [6, 6.07) is 11.1. The van der Waals surface area contributed by atoms with Crippen LogP contribution in [0.3, 0.4) is 0 Å². The van der Waals surface area contributed by atoms with E-state index in [1.807, 2.05) is 0 Å². The molecule has 0 radical (unpaired) electrons. The van der Waals surface area contributed by atoms with E-state index in [2.05, 4.69) is 107 Å². The number of nitrogens with one attached hydrogen (secondary N) is 1. The van der Waals surface area contributed by atoms with Crippen LogP contribution in [0.4, 0.5) is 0 Å². The van der Waals surface area contributed by atoms with Gasteiger partial charge in [0.15, 0.2) is 0 Å². The SMILES string of the molecule is CC(C)(C)[NH][Ti]([CH3])([CH3])([CH3])([CH3])([CH3])(=[SiH2])([C]1=CC=CC1)[c]1ccccc1.Cl.Cl. The third-order valence-electron chi connectivity index (χ3n) is 6.85.